The lowest BCUT2D eigenvalue weighted by atomic mass is 10.1. The van der Waals surface area contributed by atoms with Gasteiger partial charge < -0.3 is 29.1 Å². The molecule has 0 bridgehead atoms. The van der Waals surface area contributed by atoms with Crippen molar-refractivity contribution in [2.24, 2.45) is 7.05 Å². The van der Waals surface area contributed by atoms with E-state index in [0.717, 1.165) is 11.8 Å². The number of aliphatic hydroxyl groups excluding tert-OH is 2. The first-order valence-corrected chi connectivity index (χ1v) is 6.64. The number of imidazole rings is 1. The van der Waals surface area contributed by atoms with Crippen LogP contribution in [-0.4, -0.2) is 67.2 Å². The summed E-state index contributed by atoms with van der Waals surface area (Å²) in [5, 5.41) is 27.6. The Balaban J connectivity index is 1.87. The standard InChI is InChI=1S/C12H15N5O6/c1-16-3-15-10-5(9(16)13)14-4-17(10)23-12-7(19)6(18)8(22-12)11(20)21-2/h3-4,6-8,12-13,18-19H,1-2H3/t6-,7+,8-,12-/m0/s1. The monoisotopic (exact) mass is 325 g/mol. The van der Waals surface area contributed by atoms with Gasteiger partial charge in [-0.25, -0.2) is 14.8 Å². The lowest BCUT2D eigenvalue weighted by Gasteiger charge is -2.16. The maximum Gasteiger partial charge on any atom is 0.337 e. The quantitative estimate of drug-likeness (QED) is 0.517. The van der Waals surface area contributed by atoms with Gasteiger partial charge in [-0.15, -0.1) is 4.73 Å². The lowest BCUT2D eigenvalue weighted by Crippen LogP contribution is -2.39. The fourth-order valence-corrected chi connectivity index (χ4v) is 2.21. The van der Waals surface area contributed by atoms with Crippen molar-refractivity contribution in [2.75, 3.05) is 7.11 Å². The largest absolute Gasteiger partial charge is 0.467 e. The molecule has 3 heterocycles. The zero-order valence-electron chi connectivity index (χ0n) is 12.3. The molecule has 23 heavy (non-hydrogen) atoms. The number of rotatable bonds is 3. The number of carbonyl (C=O) groups is 1. The molecule has 2 aromatic rings. The van der Waals surface area contributed by atoms with Crippen molar-refractivity contribution in [3.63, 3.8) is 0 Å². The number of carbonyl (C=O) groups excluding carboxylic acids is 1. The van der Waals surface area contributed by atoms with Crippen LogP contribution in [0.4, 0.5) is 0 Å². The molecule has 1 aliphatic rings. The number of esters is 1. The van der Waals surface area contributed by atoms with Crippen molar-refractivity contribution in [2.45, 2.75) is 24.6 Å². The minimum atomic E-state index is -1.49. The SMILES string of the molecule is COC(=O)[C@H]1O[C@@H](On2cnc3c(=N)n(C)cnc32)[C@H](O)[C@@H]1O. The summed E-state index contributed by atoms with van der Waals surface area (Å²) < 4.78 is 12.3. The summed E-state index contributed by atoms with van der Waals surface area (Å²) in [5.41, 5.74) is 0.644. The van der Waals surface area contributed by atoms with E-state index in [0.29, 0.717) is 0 Å². The molecule has 0 spiro atoms. The second-order valence-electron chi connectivity index (χ2n) is 4.98. The van der Waals surface area contributed by atoms with Crippen molar-refractivity contribution in [1.29, 1.82) is 5.41 Å². The molecule has 0 aliphatic carbocycles. The van der Waals surface area contributed by atoms with Crippen LogP contribution in [-0.2, 0) is 21.3 Å². The molecule has 11 nitrogen and oxygen atoms in total. The Morgan fingerprint density at radius 2 is 2.09 bits per heavy atom. The van der Waals surface area contributed by atoms with Gasteiger partial charge in [0.05, 0.1) is 13.4 Å². The average Bonchev–Trinajstić information content (AvgIpc) is 3.07. The molecule has 0 radical (unpaired) electrons. The highest BCUT2D eigenvalue weighted by Gasteiger charge is 2.49. The Hall–Kier alpha value is -2.50. The fraction of sp³-hybridized carbons (Fsp3) is 0.500. The molecule has 0 aromatic carbocycles. The minimum absolute atomic E-state index is 0.123. The third kappa shape index (κ3) is 2.44. The number of ether oxygens (including phenoxy) is 2. The predicted molar refractivity (Wildman–Crippen MR) is 71.6 cm³/mol. The number of methoxy groups -OCH3 is 1. The normalized spacial score (nSPS) is 27.3. The molecular formula is C12H15N5O6. The van der Waals surface area contributed by atoms with Gasteiger partial charge in [0.2, 0.25) is 5.65 Å². The van der Waals surface area contributed by atoms with Crippen molar-refractivity contribution in [1.82, 2.24) is 19.3 Å². The first-order valence-electron chi connectivity index (χ1n) is 6.64. The zero-order valence-corrected chi connectivity index (χ0v) is 12.3. The van der Waals surface area contributed by atoms with Crippen LogP contribution in [0, 0.1) is 5.41 Å². The Morgan fingerprint density at radius 1 is 1.35 bits per heavy atom. The van der Waals surface area contributed by atoms with Gasteiger partial charge in [0.25, 0.3) is 6.29 Å². The molecule has 0 unspecified atom stereocenters. The van der Waals surface area contributed by atoms with E-state index in [2.05, 4.69) is 14.7 Å². The second-order valence-corrected chi connectivity index (χ2v) is 4.98. The number of aromatic nitrogens is 4. The summed E-state index contributed by atoms with van der Waals surface area (Å²) in [6, 6.07) is 0. The molecule has 1 aliphatic heterocycles. The van der Waals surface area contributed by atoms with E-state index >= 15 is 0 Å². The van der Waals surface area contributed by atoms with Crippen LogP contribution in [0.15, 0.2) is 12.7 Å². The first-order chi connectivity index (χ1) is 10.9. The van der Waals surface area contributed by atoms with Gasteiger partial charge in [0.15, 0.2) is 17.1 Å². The maximum absolute atomic E-state index is 11.5. The number of nitrogens with zero attached hydrogens (tertiary/aromatic N) is 4. The van der Waals surface area contributed by atoms with Gasteiger partial charge >= 0.3 is 5.97 Å². The number of hydrogen-bond donors (Lipinski definition) is 3. The van der Waals surface area contributed by atoms with E-state index in [9.17, 15) is 15.0 Å². The van der Waals surface area contributed by atoms with Crippen molar-refractivity contribution in [3.05, 3.63) is 18.1 Å². The van der Waals surface area contributed by atoms with Crippen LogP contribution in [0.5, 0.6) is 0 Å². The van der Waals surface area contributed by atoms with Crippen LogP contribution in [0.3, 0.4) is 0 Å². The Bertz CT molecular complexity index is 801. The minimum Gasteiger partial charge on any atom is -0.467 e. The van der Waals surface area contributed by atoms with Crippen molar-refractivity contribution >= 4 is 17.1 Å². The van der Waals surface area contributed by atoms with E-state index < -0.39 is 30.6 Å². The first kappa shape index (κ1) is 15.4. The highest BCUT2D eigenvalue weighted by molar-refractivity contribution is 5.75. The van der Waals surface area contributed by atoms with Gasteiger partial charge in [-0.05, 0) is 0 Å². The number of nitrogens with one attached hydrogen (secondary N) is 1. The molecule has 0 saturated carbocycles. The predicted octanol–water partition coefficient (Wildman–Crippen LogP) is -2.70. The van der Waals surface area contributed by atoms with Gasteiger partial charge in [0.1, 0.15) is 18.5 Å². The fourth-order valence-electron chi connectivity index (χ4n) is 2.21. The van der Waals surface area contributed by atoms with Gasteiger partial charge in [0, 0.05) is 7.05 Å². The summed E-state index contributed by atoms with van der Waals surface area (Å²) in [6.45, 7) is 0. The van der Waals surface area contributed by atoms with Gasteiger partial charge in [-0.1, -0.05) is 0 Å². The molecular weight excluding hydrogens is 310 g/mol. The molecule has 3 N–H and O–H groups in total. The molecule has 1 saturated heterocycles. The van der Waals surface area contributed by atoms with E-state index in [1.807, 2.05) is 0 Å². The topological polar surface area (TPSA) is 145 Å². The van der Waals surface area contributed by atoms with Crippen LogP contribution < -0.4 is 10.3 Å². The molecule has 0 amide bonds. The van der Waals surface area contributed by atoms with Crippen LogP contribution in [0.25, 0.3) is 11.2 Å². The second kappa shape index (κ2) is 5.61. The molecule has 124 valence electrons. The van der Waals surface area contributed by atoms with Crippen LogP contribution in [0.1, 0.15) is 0 Å². The molecule has 1 fully saturated rings. The number of aliphatic hydroxyl groups is 2. The Kier molecular flexibility index (Phi) is 3.75. The van der Waals surface area contributed by atoms with E-state index in [1.54, 1.807) is 7.05 Å². The Labute approximate surface area is 129 Å². The summed E-state index contributed by atoms with van der Waals surface area (Å²) >= 11 is 0. The zero-order chi connectivity index (χ0) is 16.7. The smallest absolute Gasteiger partial charge is 0.337 e. The summed E-state index contributed by atoms with van der Waals surface area (Å²) in [7, 11) is 2.79. The summed E-state index contributed by atoms with van der Waals surface area (Å²) in [5.74, 6) is -0.822. The molecule has 3 rings (SSSR count). The van der Waals surface area contributed by atoms with Crippen LogP contribution in [0.2, 0.25) is 0 Å². The van der Waals surface area contributed by atoms with E-state index in [1.165, 1.54) is 17.2 Å². The van der Waals surface area contributed by atoms with E-state index in [-0.39, 0.29) is 16.7 Å². The van der Waals surface area contributed by atoms with Gasteiger partial charge in [-0.3, -0.25) is 5.41 Å². The third-order valence-corrected chi connectivity index (χ3v) is 3.51. The number of fused-ring (bicyclic) bond motifs is 1. The molecule has 2 aromatic heterocycles. The summed E-state index contributed by atoms with van der Waals surface area (Å²) in [4.78, 5) is 25.0. The average molecular weight is 325 g/mol. The number of hydrogen-bond acceptors (Lipinski definition) is 9. The van der Waals surface area contributed by atoms with Gasteiger partial charge in [-0.2, -0.15) is 0 Å². The maximum atomic E-state index is 11.5. The van der Waals surface area contributed by atoms with E-state index in [4.69, 9.17) is 15.0 Å². The summed E-state index contributed by atoms with van der Waals surface area (Å²) in [6.07, 6.45) is -2.97. The highest BCUT2D eigenvalue weighted by atomic mass is 16.8. The lowest BCUT2D eigenvalue weighted by molar-refractivity contribution is -0.181. The Morgan fingerprint density at radius 3 is 2.78 bits per heavy atom. The van der Waals surface area contributed by atoms with Crippen LogP contribution >= 0.6 is 0 Å². The highest BCUT2D eigenvalue weighted by Crippen LogP contribution is 2.22. The molecule has 11 heteroatoms. The number of aryl methyl sites for hydroxylation is 1. The van der Waals surface area contributed by atoms with Crippen molar-refractivity contribution < 1.29 is 29.3 Å². The third-order valence-electron chi connectivity index (χ3n) is 3.51. The molecule has 4 atom stereocenters. The van der Waals surface area contributed by atoms with Crippen molar-refractivity contribution in [3.8, 4) is 0 Å².